The quantitative estimate of drug-likeness (QED) is 0.282. The molecule has 1 atom stereocenters. The lowest BCUT2D eigenvalue weighted by molar-refractivity contribution is -0.0815. The van der Waals surface area contributed by atoms with Crippen LogP contribution in [0, 0.1) is 0 Å². The molecule has 0 amide bonds. The van der Waals surface area contributed by atoms with Crippen LogP contribution in [-0.4, -0.2) is 44.4 Å². The molecule has 1 spiro atoms. The topological polar surface area (TPSA) is 68.0 Å². The van der Waals surface area contributed by atoms with Crippen LogP contribution in [0.3, 0.4) is 0 Å². The maximum atomic E-state index is 6.20. The molecule has 1 aliphatic heterocycles. The second-order valence-electron chi connectivity index (χ2n) is 8.66. The van der Waals surface area contributed by atoms with E-state index in [0.29, 0.717) is 12.6 Å². The first-order valence-corrected chi connectivity index (χ1v) is 11.6. The minimum Gasteiger partial charge on any atom is -0.497 e. The Morgan fingerprint density at radius 1 is 1.16 bits per heavy atom. The molecule has 2 fully saturated rings. The van der Waals surface area contributed by atoms with Crippen molar-refractivity contribution in [2.24, 2.45) is 4.99 Å². The molecule has 1 aromatic carbocycles. The summed E-state index contributed by atoms with van der Waals surface area (Å²) in [5.74, 6) is 2.75. The van der Waals surface area contributed by atoms with E-state index in [-0.39, 0.29) is 29.6 Å². The highest BCUT2D eigenvalue weighted by molar-refractivity contribution is 14.0. The molecule has 7 heteroatoms. The molecule has 1 saturated carbocycles. The van der Waals surface area contributed by atoms with E-state index in [1.165, 1.54) is 31.2 Å². The summed E-state index contributed by atoms with van der Waals surface area (Å²) in [5.41, 5.74) is 1.37. The Balaban J connectivity index is 0.00000289. The summed E-state index contributed by atoms with van der Waals surface area (Å²) < 4.78 is 16.9. The number of nitrogens with one attached hydrogen (secondary N) is 2. The molecule has 2 heterocycles. The lowest BCUT2D eigenvalue weighted by atomic mass is 9.89. The number of ether oxygens (including phenoxy) is 2. The smallest absolute Gasteiger partial charge is 0.191 e. The number of methoxy groups -OCH3 is 1. The van der Waals surface area contributed by atoms with Gasteiger partial charge in [-0.05, 0) is 61.9 Å². The molecule has 2 aliphatic rings. The van der Waals surface area contributed by atoms with Crippen LogP contribution in [0.4, 0.5) is 0 Å². The molecule has 1 unspecified atom stereocenters. The van der Waals surface area contributed by atoms with E-state index in [2.05, 4.69) is 22.8 Å². The highest BCUT2D eigenvalue weighted by Crippen LogP contribution is 2.39. The lowest BCUT2D eigenvalue weighted by Crippen LogP contribution is -2.51. The molecule has 6 nitrogen and oxygen atoms in total. The molecule has 0 bridgehead atoms. The number of rotatable bonds is 8. The van der Waals surface area contributed by atoms with Crippen LogP contribution < -0.4 is 15.4 Å². The first-order valence-electron chi connectivity index (χ1n) is 11.6. The van der Waals surface area contributed by atoms with Gasteiger partial charge in [-0.3, -0.25) is 4.99 Å². The number of furan rings is 1. The summed E-state index contributed by atoms with van der Waals surface area (Å²) in [6.45, 7) is 2.36. The fourth-order valence-electron chi connectivity index (χ4n) is 4.71. The van der Waals surface area contributed by atoms with Gasteiger partial charge in [0.25, 0.3) is 0 Å². The third-order valence-electron chi connectivity index (χ3n) is 6.42. The minimum absolute atomic E-state index is 0. The van der Waals surface area contributed by atoms with Crippen molar-refractivity contribution in [3.8, 4) is 5.75 Å². The van der Waals surface area contributed by atoms with Gasteiger partial charge >= 0.3 is 0 Å². The number of halogens is 1. The van der Waals surface area contributed by atoms with Crippen molar-refractivity contribution >= 4 is 29.9 Å². The molecule has 32 heavy (non-hydrogen) atoms. The average molecular weight is 553 g/mol. The first kappa shape index (κ1) is 24.9. The van der Waals surface area contributed by atoms with Crippen molar-refractivity contribution in [3.05, 3.63) is 54.0 Å². The number of hydrogen-bond acceptors (Lipinski definition) is 4. The largest absolute Gasteiger partial charge is 0.497 e. The van der Waals surface area contributed by atoms with Gasteiger partial charge in [0.05, 0.1) is 19.0 Å². The van der Waals surface area contributed by atoms with Crippen LogP contribution in [-0.2, 0) is 17.6 Å². The molecule has 2 N–H and O–H groups in total. The van der Waals surface area contributed by atoms with Crippen molar-refractivity contribution in [1.29, 1.82) is 0 Å². The van der Waals surface area contributed by atoms with E-state index >= 15 is 0 Å². The van der Waals surface area contributed by atoms with Gasteiger partial charge in [-0.1, -0.05) is 25.0 Å². The maximum Gasteiger partial charge on any atom is 0.191 e. The van der Waals surface area contributed by atoms with E-state index in [1.54, 1.807) is 13.4 Å². The Morgan fingerprint density at radius 2 is 1.97 bits per heavy atom. The van der Waals surface area contributed by atoms with Crippen molar-refractivity contribution in [1.82, 2.24) is 10.6 Å². The zero-order chi connectivity index (χ0) is 21.4. The summed E-state index contributed by atoms with van der Waals surface area (Å²) in [6.07, 6.45) is 10.5. The summed E-state index contributed by atoms with van der Waals surface area (Å²) in [7, 11) is 1.69. The van der Waals surface area contributed by atoms with Gasteiger partial charge in [0.2, 0.25) is 0 Å². The van der Waals surface area contributed by atoms with E-state index < -0.39 is 0 Å². The number of nitrogens with zero attached hydrogens (tertiary/aromatic N) is 1. The second kappa shape index (κ2) is 12.5. The standard InChI is InChI=1S/C25H35N3O3.HI/c1-29-22-8-6-20(7-9-22)10-15-26-24(27-16-11-23-5-4-17-30-23)28-21-12-18-31-25(19-21)13-2-3-14-25;/h4-9,17,21H,2-3,10-16,18-19H2,1H3,(H2,26,27,28);1H. The van der Waals surface area contributed by atoms with Gasteiger partial charge in [0.1, 0.15) is 11.5 Å². The highest BCUT2D eigenvalue weighted by Gasteiger charge is 2.40. The summed E-state index contributed by atoms with van der Waals surface area (Å²) in [4.78, 5) is 4.84. The van der Waals surface area contributed by atoms with Crippen molar-refractivity contribution < 1.29 is 13.9 Å². The van der Waals surface area contributed by atoms with Crippen LogP contribution in [0.2, 0.25) is 0 Å². The van der Waals surface area contributed by atoms with E-state index in [0.717, 1.165) is 56.3 Å². The van der Waals surface area contributed by atoms with Crippen LogP contribution in [0.1, 0.15) is 49.8 Å². The van der Waals surface area contributed by atoms with Crippen molar-refractivity contribution in [2.75, 3.05) is 26.8 Å². The highest BCUT2D eigenvalue weighted by atomic mass is 127. The average Bonchev–Trinajstić information content (AvgIpc) is 3.47. The minimum atomic E-state index is 0. The maximum absolute atomic E-state index is 6.20. The monoisotopic (exact) mass is 553 g/mol. The van der Waals surface area contributed by atoms with Crippen molar-refractivity contribution in [3.63, 3.8) is 0 Å². The Morgan fingerprint density at radius 3 is 2.69 bits per heavy atom. The van der Waals surface area contributed by atoms with Gasteiger partial charge < -0.3 is 24.5 Å². The van der Waals surface area contributed by atoms with E-state index in [9.17, 15) is 0 Å². The van der Waals surface area contributed by atoms with Crippen LogP contribution in [0.25, 0.3) is 0 Å². The summed E-state index contributed by atoms with van der Waals surface area (Å²) in [5, 5.41) is 7.24. The molecule has 2 aromatic rings. The van der Waals surface area contributed by atoms with E-state index in [4.69, 9.17) is 18.9 Å². The Kier molecular flexibility index (Phi) is 9.71. The zero-order valence-electron chi connectivity index (χ0n) is 19.0. The molecule has 1 saturated heterocycles. The second-order valence-corrected chi connectivity index (χ2v) is 8.66. The fraction of sp³-hybridized carbons (Fsp3) is 0.560. The van der Waals surface area contributed by atoms with Gasteiger partial charge in [-0.25, -0.2) is 0 Å². The number of benzene rings is 1. The Hall–Kier alpha value is -1.74. The van der Waals surface area contributed by atoms with Crippen LogP contribution >= 0.6 is 24.0 Å². The number of aliphatic imine (C=N–C) groups is 1. The summed E-state index contributed by atoms with van der Waals surface area (Å²) in [6, 6.07) is 12.6. The fourth-order valence-corrected chi connectivity index (χ4v) is 4.71. The lowest BCUT2D eigenvalue weighted by Gasteiger charge is -2.39. The SMILES string of the molecule is COc1ccc(CCNC(=NCCc2ccco2)NC2CCOC3(CCCC3)C2)cc1.I. The Bertz CT molecular complexity index is 817. The Labute approximate surface area is 208 Å². The molecule has 1 aliphatic carbocycles. The van der Waals surface area contributed by atoms with Crippen molar-refractivity contribution in [2.45, 2.75) is 63.0 Å². The van der Waals surface area contributed by atoms with Crippen LogP contribution in [0.5, 0.6) is 5.75 Å². The van der Waals surface area contributed by atoms with Gasteiger partial charge in [0.15, 0.2) is 5.96 Å². The molecule has 176 valence electrons. The van der Waals surface area contributed by atoms with Gasteiger partial charge in [-0.2, -0.15) is 0 Å². The predicted molar refractivity (Wildman–Crippen MR) is 138 cm³/mol. The first-order chi connectivity index (χ1) is 15.2. The third kappa shape index (κ3) is 7.13. The number of hydrogen-bond donors (Lipinski definition) is 2. The predicted octanol–water partition coefficient (Wildman–Crippen LogP) is 4.72. The molecular formula is C25H36IN3O3. The van der Waals surface area contributed by atoms with Crippen LogP contribution in [0.15, 0.2) is 52.1 Å². The molecule has 0 radical (unpaired) electrons. The molecule has 4 rings (SSSR count). The third-order valence-corrected chi connectivity index (χ3v) is 6.42. The summed E-state index contributed by atoms with van der Waals surface area (Å²) >= 11 is 0. The van der Waals surface area contributed by atoms with Gasteiger partial charge in [-0.15, -0.1) is 24.0 Å². The normalized spacial score (nSPS) is 20.0. The van der Waals surface area contributed by atoms with E-state index in [1.807, 2.05) is 24.3 Å². The van der Waals surface area contributed by atoms with Gasteiger partial charge in [0, 0.05) is 32.2 Å². The zero-order valence-corrected chi connectivity index (χ0v) is 21.3. The molecular weight excluding hydrogens is 517 g/mol. The molecule has 1 aromatic heterocycles. The number of guanidine groups is 1.